The van der Waals surface area contributed by atoms with Crippen LogP contribution in [0, 0.1) is 11.8 Å². The quantitative estimate of drug-likeness (QED) is 0.168. The minimum absolute atomic E-state index is 0.0814. The van der Waals surface area contributed by atoms with E-state index < -0.39 is 71.8 Å². The van der Waals surface area contributed by atoms with E-state index in [1.54, 1.807) is 13.8 Å². The maximum absolute atomic E-state index is 13.5. The zero-order valence-corrected chi connectivity index (χ0v) is 24.2. The van der Waals surface area contributed by atoms with Crippen molar-refractivity contribution in [2.24, 2.45) is 17.6 Å². The molecule has 1 aromatic rings. The number of rotatable bonds is 13. The summed E-state index contributed by atoms with van der Waals surface area (Å²) in [6.45, 7) is 8.57. The topological polar surface area (TPSA) is 211 Å². The lowest BCUT2D eigenvalue weighted by Gasteiger charge is -2.29. The fourth-order valence-electron chi connectivity index (χ4n) is 4.68. The number of likely N-dealkylation sites (tertiary alicyclic amines) is 1. The first-order chi connectivity index (χ1) is 19.2. The Bertz CT molecular complexity index is 1100. The van der Waals surface area contributed by atoms with Gasteiger partial charge in [-0.25, -0.2) is 4.79 Å². The van der Waals surface area contributed by atoms with Gasteiger partial charge in [-0.3, -0.25) is 19.2 Å². The third-order valence-corrected chi connectivity index (χ3v) is 7.21. The lowest BCUT2D eigenvalue weighted by Crippen LogP contribution is -2.56. The van der Waals surface area contributed by atoms with Crippen LogP contribution >= 0.6 is 0 Å². The maximum Gasteiger partial charge on any atom is 0.326 e. The molecular weight excluding hydrogens is 534 g/mol. The lowest BCUT2D eigenvalue weighted by atomic mass is 9.98. The Morgan fingerprint density at radius 1 is 1.00 bits per heavy atom. The molecule has 13 heteroatoms. The molecule has 8 N–H and O–H groups in total. The van der Waals surface area contributed by atoms with Gasteiger partial charge < -0.3 is 41.9 Å². The van der Waals surface area contributed by atoms with E-state index in [0.29, 0.717) is 12.8 Å². The number of hydrogen-bond acceptors (Lipinski definition) is 8. The predicted octanol–water partition coefficient (Wildman–Crippen LogP) is 0.00490. The molecule has 0 aromatic heterocycles. The number of amides is 4. The van der Waals surface area contributed by atoms with Gasteiger partial charge in [0.15, 0.2) is 0 Å². The number of aromatic hydroxyl groups is 1. The van der Waals surface area contributed by atoms with E-state index in [1.165, 1.54) is 31.2 Å². The SMILES string of the molecule is CC[C@H](C)[C@H](NC(=O)[C@@H](NC(=O)[C@@H]1CC(O)CN1C(=O)[C@H](C)NC(=O)[C@@H](N)CC(C)C)c1ccc(O)cc1)C(=O)O. The Balaban J connectivity index is 2.26. The number of carbonyl (C=O) groups is 5. The van der Waals surface area contributed by atoms with E-state index in [4.69, 9.17) is 5.73 Å². The van der Waals surface area contributed by atoms with Gasteiger partial charge in [-0.05, 0) is 42.9 Å². The number of carboxylic acids is 1. The summed E-state index contributed by atoms with van der Waals surface area (Å²) in [5.74, 6) is -4.24. The van der Waals surface area contributed by atoms with Crippen LogP contribution in [0.5, 0.6) is 5.75 Å². The minimum atomic E-state index is -1.37. The molecule has 0 saturated carbocycles. The first-order valence-corrected chi connectivity index (χ1v) is 13.8. The van der Waals surface area contributed by atoms with Crippen molar-refractivity contribution in [3.05, 3.63) is 29.8 Å². The van der Waals surface area contributed by atoms with Crippen molar-refractivity contribution < 1.29 is 39.3 Å². The van der Waals surface area contributed by atoms with Crippen molar-refractivity contribution in [3.63, 3.8) is 0 Å². The molecule has 4 amide bonds. The second-order valence-electron chi connectivity index (χ2n) is 11.1. The van der Waals surface area contributed by atoms with Crippen LogP contribution < -0.4 is 21.7 Å². The number of carboxylic acid groups (broad SMARTS) is 1. The highest BCUT2D eigenvalue weighted by molar-refractivity contribution is 5.96. The molecule has 1 aliphatic rings. The fraction of sp³-hybridized carbons (Fsp3) is 0.607. The number of phenols is 1. The first-order valence-electron chi connectivity index (χ1n) is 13.8. The minimum Gasteiger partial charge on any atom is -0.508 e. The molecule has 0 aliphatic carbocycles. The molecule has 7 atom stereocenters. The van der Waals surface area contributed by atoms with Gasteiger partial charge in [0.05, 0.1) is 12.1 Å². The summed E-state index contributed by atoms with van der Waals surface area (Å²) in [5, 5.41) is 37.3. The number of aliphatic hydroxyl groups excluding tert-OH is 1. The summed E-state index contributed by atoms with van der Waals surface area (Å²) in [5.41, 5.74) is 6.18. The van der Waals surface area contributed by atoms with E-state index in [9.17, 15) is 39.3 Å². The van der Waals surface area contributed by atoms with E-state index in [0.717, 1.165) is 4.90 Å². The molecule has 228 valence electrons. The Morgan fingerprint density at radius 3 is 2.15 bits per heavy atom. The second kappa shape index (κ2) is 14.8. The molecule has 13 nitrogen and oxygen atoms in total. The molecular formula is C28H43N5O8. The summed E-state index contributed by atoms with van der Waals surface area (Å²) in [4.78, 5) is 65.5. The molecule has 41 heavy (non-hydrogen) atoms. The molecule has 1 aliphatic heterocycles. The highest BCUT2D eigenvalue weighted by Crippen LogP contribution is 2.23. The lowest BCUT2D eigenvalue weighted by molar-refractivity contribution is -0.144. The number of benzene rings is 1. The number of hydrogen-bond donors (Lipinski definition) is 7. The van der Waals surface area contributed by atoms with Crippen LogP contribution in [0.1, 0.15) is 65.5 Å². The van der Waals surface area contributed by atoms with Crippen molar-refractivity contribution in [3.8, 4) is 5.75 Å². The Labute approximate surface area is 239 Å². The number of nitrogens with one attached hydrogen (secondary N) is 3. The second-order valence-corrected chi connectivity index (χ2v) is 11.1. The van der Waals surface area contributed by atoms with Crippen LogP contribution in [-0.4, -0.2) is 86.6 Å². The number of nitrogens with zero attached hydrogens (tertiary/aromatic N) is 1. The molecule has 0 bridgehead atoms. The number of nitrogens with two attached hydrogens (primary N) is 1. The van der Waals surface area contributed by atoms with Gasteiger partial charge in [0.25, 0.3) is 0 Å². The van der Waals surface area contributed by atoms with Gasteiger partial charge in [-0.2, -0.15) is 0 Å². The van der Waals surface area contributed by atoms with E-state index >= 15 is 0 Å². The third kappa shape index (κ3) is 9.15. The highest BCUT2D eigenvalue weighted by Gasteiger charge is 2.42. The first kappa shape index (κ1) is 33.5. The van der Waals surface area contributed by atoms with Gasteiger partial charge in [-0.1, -0.05) is 46.2 Å². The Hall–Kier alpha value is -3.71. The predicted molar refractivity (Wildman–Crippen MR) is 149 cm³/mol. The average molecular weight is 578 g/mol. The summed E-state index contributed by atoms with van der Waals surface area (Å²) in [6.07, 6.45) is -0.245. The third-order valence-electron chi connectivity index (χ3n) is 7.21. The monoisotopic (exact) mass is 577 g/mol. The van der Waals surface area contributed by atoms with E-state index in [1.807, 2.05) is 13.8 Å². The number of aliphatic hydroxyl groups is 1. The van der Waals surface area contributed by atoms with Crippen LogP contribution in [0.25, 0.3) is 0 Å². The van der Waals surface area contributed by atoms with Gasteiger partial charge in [0, 0.05) is 13.0 Å². The van der Waals surface area contributed by atoms with Crippen LogP contribution in [0.15, 0.2) is 24.3 Å². The normalized spacial score (nSPS) is 20.4. The van der Waals surface area contributed by atoms with Gasteiger partial charge in [0.1, 0.15) is 29.9 Å². The molecule has 1 saturated heterocycles. The van der Waals surface area contributed by atoms with Crippen molar-refractivity contribution in [1.82, 2.24) is 20.9 Å². The molecule has 0 radical (unpaired) electrons. The Morgan fingerprint density at radius 2 is 1.61 bits per heavy atom. The molecule has 0 spiro atoms. The number of carbonyl (C=O) groups excluding carboxylic acids is 4. The molecule has 1 heterocycles. The molecule has 1 fully saturated rings. The number of phenolic OH excluding ortho intramolecular Hbond substituents is 1. The smallest absolute Gasteiger partial charge is 0.326 e. The van der Waals surface area contributed by atoms with Gasteiger partial charge in [-0.15, -0.1) is 0 Å². The van der Waals surface area contributed by atoms with Crippen molar-refractivity contribution >= 4 is 29.6 Å². The number of β-amino-alcohol motifs (C(OH)–C–C–N with tert-alkyl or cyclic N) is 1. The summed E-state index contributed by atoms with van der Waals surface area (Å²) in [7, 11) is 0. The van der Waals surface area contributed by atoms with Crippen molar-refractivity contribution in [1.29, 1.82) is 0 Å². The van der Waals surface area contributed by atoms with Crippen LogP contribution in [0.2, 0.25) is 0 Å². The van der Waals surface area contributed by atoms with Crippen LogP contribution in [0.4, 0.5) is 0 Å². The van der Waals surface area contributed by atoms with Crippen LogP contribution in [-0.2, 0) is 24.0 Å². The maximum atomic E-state index is 13.5. The zero-order chi connectivity index (χ0) is 31.0. The summed E-state index contributed by atoms with van der Waals surface area (Å²) >= 11 is 0. The van der Waals surface area contributed by atoms with Crippen molar-refractivity contribution in [2.75, 3.05) is 6.54 Å². The fourth-order valence-corrected chi connectivity index (χ4v) is 4.68. The highest BCUT2D eigenvalue weighted by atomic mass is 16.4. The summed E-state index contributed by atoms with van der Waals surface area (Å²) in [6, 6.07) is -0.168. The zero-order valence-electron chi connectivity index (χ0n) is 24.2. The Kier molecular flexibility index (Phi) is 12.1. The average Bonchev–Trinajstić information content (AvgIpc) is 3.30. The largest absolute Gasteiger partial charge is 0.508 e. The standard InChI is InChI=1S/C28H43N5O8/c1-6-15(4)22(28(40)41)31-26(38)23(17-7-9-18(34)10-8-17)32-25(37)21-12-19(35)13-33(21)27(39)16(5)30-24(36)20(29)11-14(2)3/h7-10,14-16,19-23,34-35H,6,11-13,29H2,1-5H3,(H,30,36)(H,31,38)(H,32,37)(H,40,41)/t15-,16-,19?,20-,21-,22-,23-/m0/s1. The van der Waals surface area contributed by atoms with Crippen LogP contribution in [0.3, 0.4) is 0 Å². The molecule has 1 unspecified atom stereocenters. The number of aliphatic carboxylic acids is 1. The van der Waals surface area contributed by atoms with Gasteiger partial charge >= 0.3 is 5.97 Å². The molecule has 1 aromatic carbocycles. The van der Waals surface area contributed by atoms with E-state index in [2.05, 4.69) is 16.0 Å². The summed E-state index contributed by atoms with van der Waals surface area (Å²) < 4.78 is 0. The molecule has 2 rings (SSSR count). The van der Waals surface area contributed by atoms with Gasteiger partial charge in [0.2, 0.25) is 23.6 Å². The van der Waals surface area contributed by atoms with Crippen molar-refractivity contribution in [2.45, 2.75) is 90.2 Å². The van der Waals surface area contributed by atoms with E-state index in [-0.39, 0.29) is 30.2 Å².